The number of rotatable bonds is 5. The summed E-state index contributed by atoms with van der Waals surface area (Å²) >= 11 is 0. The Kier molecular flexibility index (Phi) is 3.96. The van der Waals surface area contributed by atoms with Crippen LogP contribution in [0.5, 0.6) is 0 Å². The third-order valence-electron chi connectivity index (χ3n) is 6.21. The van der Waals surface area contributed by atoms with Gasteiger partial charge in [-0.25, -0.2) is 4.98 Å². The van der Waals surface area contributed by atoms with Crippen LogP contribution in [0.25, 0.3) is 44.6 Å². The van der Waals surface area contributed by atoms with E-state index in [1.165, 1.54) is 19.2 Å². The molecule has 0 aliphatic rings. The molecule has 5 rings (SSSR count). The maximum Gasteiger partial charge on any atom is 0.227 e. The molecule has 0 aliphatic heterocycles. The number of aromatic nitrogens is 2. The summed E-state index contributed by atoms with van der Waals surface area (Å²) in [6.45, 7) is 6.08. The van der Waals surface area contributed by atoms with E-state index in [1.807, 2.05) is 70.2 Å². The highest BCUT2D eigenvalue weighted by atomic mass is 16.3. The molecule has 0 amide bonds. The maximum atomic E-state index is 8.77. The van der Waals surface area contributed by atoms with Gasteiger partial charge >= 0.3 is 0 Å². The topological polar surface area (TPSA) is 38.9 Å². The largest absolute Gasteiger partial charge is 0.437 e. The number of hydrogen-bond donors (Lipinski definition) is 0. The monoisotopic (exact) mass is 455 g/mol. The molecule has 3 heteroatoms. The van der Waals surface area contributed by atoms with Gasteiger partial charge in [-0.2, -0.15) is 0 Å². The van der Waals surface area contributed by atoms with Crippen LogP contribution in [-0.2, 0) is 6.37 Å². The summed E-state index contributed by atoms with van der Waals surface area (Å²) in [4.78, 5) is 9.28. The smallest absolute Gasteiger partial charge is 0.227 e. The van der Waals surface area contributed by atoms with Gasteiger partial charge in [0.05, 0.1) is 11.4 Å². The van der Waals surface area contributed by atoms with Crippen molar-refractivity contribution < 1.29 is 14.0 Å². The van der Waals surface area contributed by atoms with Gasteiger partial charge in [-0.05, 0) is 71.5 Å². The second kappa shape index (κ2) is 8.72. The van der Waals surface area contributed by atoms with Crippen molar-refractivity contribution in [2.75, 3.05) is 0 Å². The van der Waals surface area contributed by atoms with Crippen LogP contribution in [0.15, 0.2) is 65.2 Å². The van der Waals surface area contributed by atoms with E-state index < -0.39 is 25.0 Å². The second-order valence-corrected chi connectivity index (χ2v) is 8.93. The first-order chi connectivity index (χ1) is 18.9. The zero-order chi connectivity index (χ0) is 30.1. The Bertz CT molecular complexity index is 1750. The fourth-order valence-electron chi connectivity index (χ4n) is 4.49. The number of fused-ring (bicyclic) bond motifs is 3. The highest BCUT2D eigenvalue weighted by Gasteiger charge is 2.19. The van der Waals surface area contributed by atoms with Gasteiger partial charge in [-0.15, -0.1) is 0 Å². The quantitative estimate of drug-likeness (QED) is 0.266. The van der Waals surface area contributed by atoms with Crippen molar-refractivity contribution in [2.24, 2.45) is 0 Å². The maximum absolute atomic E-state index is 8.77. The van der Waals surface area contributed by atoms with Gasteiger partial charge in [-0.3, -0.25) is 4.98 Å². The van der Waals surface area contributed by atoms with Crippen molar-refractivity contribution >= 4 is 22.1 Å². The zero-order valence-electron chi connectivity index (χ0n) is 27.1. The molecule has 3 aromatic heterocycles. The Morgan fingerprint density at radius 2 is 1.68 bits per heavy atom. The molecule has 2 aromatic carbocycles. The molecule has 0 spiro atoms. The molecular weight excluding hydrogens is 416 g/mol. The van der Waals surface area contributed by atoms with Crippen molar-refractivity contribution in [3.8, 4) is 22.5 Å². The van der Waals surface area contributed by atoms with Crippen LogP contribution in [0.2, 0.25) is 0 Å². The van der Waals surface area contributed by atoms with E-state index in [0.29, 0.717) is 28.2 Å². The molecule has 0 N–H and O–H groups in total. The summed E-state index contributed by atoms with van der Waals surface area (Å²) in [6, 6.07) is 16.5. The van der Waals surface area contributed by atoms with Crippen LogP contribution >= 0.6 is 0 Å². The normalized spacial score (nSPS) is 16.3. The highest BCUT2D eigenvalue weighted by Crippen LogP contribution is 2.39. The molecule has 0 aliphatic carbocycles. The number of para-hydroxylation sites is 1. The summed E-state index contributed by atoms with van der Waals surface area (Å²) in [5, 5.41) is 1.56. The minimum absolute atomic E-state index is 0.0520. The predicted octanol–water partition coefficient (Wildman–Crippen LogP) is 8.83. The fourth-order valence-corrected chi connectivity index (χ4v) is 4.49. The number of pyridine rings is 2. The molecule has 172 valence electrons. The lowest BCUT2D eigenvalue weighted by Crippen LogP contribution is -2.00. The SMILES string of the molecule is [2H]C([2H])([2H])c1cnc(-c2cccc3c2oc2nc(-c4c(C([2H])(C)C)cccc4C([2H])(C)C)ccc23)cc1C([2H])([2H])C. The summed E-state index contributed by atoms with van der Waals surface area (Å²) in [6.07, 6.45) is -0.678. The van der Waals surface area contributed by atoms with E-state index in [9.17, 15) is 0 Å². The Morgan fingerprint density at radius 1 is 0.941 bits per heavy atom. The third-order valence-corrected chi connectivity index (χ3v) is 6.21. The van der Waals surface area contributed by atoms with Gasteiger partial charge in [0.2, 0.25) is 5.71 Å². The second-order valence-electron chi connectivity index (χ2n) is 8.93. The first kappa shape index (κ1) is 15.4. The first-order valence-corrected chi connectivity index (χ1v) is 11.4. The van der Waals surface area contributed by atoms with Crippen molar-refractivity contribution in [3.05, 3.63) is 83.0 Å². The van der Waals surface area contributed by atoms with Crippen LogP contribution < -0.4 is 0 Å². The average Bonchev–Trinajstić information content (AvgIpc) is 3.24. The van der Waals surface area contributed by atoms with Gasteiger partial charge in [0.1, 0.15) is 5.58 Å². The van der Waals surface area contributed by atoms with Crippen LogP contribution in [0.4, 0.5) is 0 Å². The standard InChI is InChI=1S/C31H32N2O/c1-7-21-16-28(32-17-20(21)6)26-13-9-12-24-25-14-15-27(33-31(25)34-30(24)26)29-22(18(2)3)10-8-11-23(29)19(4)5/h8-19H,7H2,1-6H3/i6D3,7D2,18D,19D. The number of nitrogens with zero attached hydrogens (tertiary/aromatic N) is 2. The summed E-state index contributed by atoms with van der Waals surface area (Å²) in [5.74, 6) is -1.86. The Hall–Kier alpha value is -3.46. The number of benzene rings is 2. The van der Waals surface area contributed by atoms with Crippen LogP contribution in [0.1, 0.15) is 78.3 Å². The molecule has 0 bridgehead atoms. The molecule has 0 unspecified atom stereocenters. The van der Waals surface area contributed by atoms with Gasteiger partial charge < -0.3 is 4.42 Å². The molecule has 0 saturated carbocycles. The van der Waals surface area contributed by atoms with E-state index in [4.69, 9.17) is 19.0 Å². The van der Waals surface area contributed by atoms with Crippen LogP contribution in [0.3, 0.4) is 0 Å². The third kappa shape index (κ3) is 3.69. The minimum atomic E-state index is -2.51. The van der Waals surface area contributed by atoms with Crippen LogP contribution in [0, 0.1) is 6.85 Å². The average molecular weight is 456 g/mol. The molecular formula is C31H32N2O. The fraction of sp³-hybridized carbons (Fsp3) is 0.290. The molecule has 5 aromatic rings. The minimum Gasteiger partial charge on any atom is -0.437 e. The van der Waals surface area contributed by atoms with Crippen molar-refractivity contribution in [3.63, 3.8) is 0 Å². The Labute approximate surface area is 211 Å². The van der Waals surface area contributed by atoms with E-state index in [2.05, 4.69) is 4.98 Å². The molecule has 0 saturated heterocycles. The molecule has 3 nitrogen and oxygen atoms in total. The van der Waals surface area contributed by atoms with Crippen molar-refractivity contribution in [2.45, 2.75) is 59.6 Å². The Balaban J connectivity index is 1.74. The summed E-state index contributed by atoms with van der Waals surface area (Å²) in [5.41, 5.74) is 4.65. The molecule has 3 heterocycles. The van der Waals surface area contributed by atoms with Crippen molar-refractivity contribution in [1.29, 1.82) is 0 Å². The molecule has 0 radical (unpaired) electrons. The van der Waals surface area contributed by atoms with Gasteiger partial charge in [0.15, 0.2) is 0 Å². The van der Waals surface area contributed by atoms with E-state index >= 15 is 0 Å². The summed E-state index contributed by atoms with van der Waals surface area (Å²) in [7, 11) is 0. The molecule has 0 fully saturated rings. The van der Waals surface area contributed by atoms with Crippen LogP contribution in [-0.4, -0.2) is 9.97 Å². The van der Waals surface area contributed by atoms with E-state index in [0.717, 1.165) is 27.5 Å². The van der Waals surface area contributed by atoms with E-state index in [-0.39, 0.29) is 11.1 Å². The number of hydrogen-bond acceptors (Lipinski definition) is 3. The molecule has 0 atom stereocenters. The summed E-state index contributed by atoms with van der Waals surface area (Å²) < 4.78 is 63.9. The first-order valence-electron chi connectivity index (χ1n) is 14.9. The van der Waals surface area contributed by atoms with E-state index in [1.54, 1.807) is 6.07 Å². The van der Waals surface area contributed by atoms with Gasteiger partial charge in [0, 0.05) is 37.7 Å². The lowest BCUT2D eigenvalue weighted by molar-refractivity contribution is 0.655. The lowest BCUT2D eigenvalue weighted by Gasteiger charge is -2.19. The lowest BCUT2D eigenvalue weighted by atomic mass is 9.87. The molecule has 34 heavy (non-hydrogen) atoms. The van der Waals surface area contributed by atoms with Crippen molar-refractivity contribution in [1.82, 2.24) is 9.97 Å². The van der Waals surface area contributed by atoms with Gasteiger partial charge in [0.25, 0.3) is 0 Å². The zero-order valence-corrected chi connectivity index (χ0v) is 20.1. The predicted molar refractivity (Wildman–Crippen MR) is 142 cm³/mol. The highest BCUT2D eigenvalue weighted by molar-refractivity contribution is 6.08. The Morgan fingerprint density at radius 3 is 2.35 bits per heavy atom. The number of aryl methyl sites for hydroxylation is 2. The van der Waals surface area contributed by atoms with Gasteiger partial charge in [-0.1, -0.05) is 65.0 Å². The number of furan rings is 1.